The van der Waals surface area contributed by atoms with Crippen LogP contribution in [0.4, 0.5) is 13.2 Å². The van der Waals surface area contributed by atoms with Gasteiger partial charge in [0.1, 0.15) is 0 Å². The zero-order valence-corrected chi connectivity index (χ0v) is 9.53. The van der Waals surface area contributed by atoms with Crippen molar-refractivity contribution < 1.29 is 17.6 Å². The van der Waals surface area contributed by atoms with Gasteiger partial charge in [-0.15, -0.1) is 0 Å². The highest BCUT2D eigenvalue weighted by molar-refractivity contribution is 5.26. The molecule has 0 aliphatic heterocycles. The number of aromatic nitrogens is 1. The van der Waals surface area contributed by atoms with Crippen LogP contribution in [0, 0.1) is 0 Å². The fraction of sp³-hybridized carbons (Fsp3) is 0.250. The smallest absolute Gasteiger partial charge is 0.417 e. The molecule has 0 spiro atoms. The first-order valence-corrected chi connectivity index (χ1v) is 5.25. The molecule has 0 radical (unpaired) electrons. The van der Waals surface area contributed by atoms with Crippen LogP contribution in [0.5, 0.6) is 0 Å². The summed E-state index contributed by atoms with van der Waals surface area (Å²) < 4.78 is 42.2. The molecule has 1 N–H and O–H groups in total. The molecule has 96 valence electrons. The Kier molecular flexibility index (Phi) is 3.38. The van der Waals surface area contributed by atoms with Crippen molar-refractivity contribution in [3.05, 3.63) is 53.7 Å². The second kappa shape index (κ2) is 4.81. The summed E-state index contributed by atoms with van der Waals surface area (Å²) in [6.45, 7) is 0. The molecule has 2 aromatic heterocycles. The SMILES string of the molecule is CNC(c1ccoc1)c1ccc(C(F)(F)F)cn1. The molecule has 0 aliphatic carbocycles. The first-order chi connectivity index (χ1) is 8.52. The van der Waals surface area contributed by atoms with E-state index in [1.165, 1.54) is 18.6 Å². The Morgan fingerprint density at radius 3 is 2.50 bits per heavy atom. The molecule has 18 heavy (non-hydrogen) atoms. The van der Waals surface area contributed by atoms with E-state index in [4.69, 9.17) is 4.42 Å². The molecule has 2 heterocycles. The van der Waals surface area contributed by atoms with Crippen LogP contribution < -0.4 is 5.32 Å². The quantitative estimate of drug-likeness (QED) is 0.917. The maximum atomic E-state index is 12.4. The molecule has 6 heteroatoms. The third-order valence-electron chi connectivity index (χ3n) is 2.57. The average Bonchev–Trinajstić information content (AvgIpc) is 2.83. The highest BCUT2D eigenvalue weighted by Gasteiger charge is 2.31. The van der Waals surface area contributed by atoms with E-state index in [0.717, 1.165) is 17.8 Å². The minimum Gasteiger partial charge on any atom is -0.472 e. The average molecular weight is 256 g/mol. The van der Waals surface area contributed by atoms with Gasteiger partial charge in [-0.3, -0.25) is 4.98 Å². The molecule has 0 bridgehead atoms. The van der Waals surface area contributed by atoms with Gasteiger partial charge in [0.2, 0.25) is 0 Å². The first kappa shape index (κ1) is 12.6. The molecule has 0 amide bonds. The summed E-state index contributed by atoms with van der Waals surface area (Å²) in [6.07, 6.45) is -0.500. The summed E-state index contributed by atoms with van der Waals surface area (Å²) >= 11 is 0. The second-order valence-electron chi connectivity index (χ2n) is 3.75. The van der Waals surface area contributed by atoms with Gasteiger partial charge in [-0.2, -0.15) is 13.2 Å². The molecule has 0 saturated heterocycles. The monoisotopic (exact) mass is 256 g/mol. The van der Waals surface area contributed by atoms with Crippen LogP contribution >= 0.6 is 0 Å². The van der Waals surface area contributed by atoms with Crippen LogP contribution in [-0.2, 0) is 6.18 Å². The van der Waals surface area contributed by atoms with Crippen molar-refractivity contribution in [2.75, 3.05) is 7.05 Å². The van der Waals surface area contributed by atoms with Crippen LogP contribution in [0.3, 0.4) is 0 Å². The molecule has 1 atom stereocenters. The molecule has 2 rings (SSSR count). The Hall–Kier alpha value is -1.82. The number of nitrogens with zero attached hydrogens (tertiary/aromatic N) is 1. The van der Waals surface area contributed by atoms with Gasteiger partial charge >= 0.3 is 6.18 Å². The van der Waals surface area contributed by atoms with Crippen LogP contribution in [-0.4, -0.2) is 12.0 Å². The zero-order chi connectivity index (χ0) is 13.2. The van der Waals surface area contributed by atoms with Crippen molar-refractivity contribution in [1.29, 1.82) is 0 Å². The summed E-state index contributed by atoms with van der Waals surface area (Å²) in [5.41, 5.74) is 0.560. The number of hydrogen-bond donors (Lipinski definition) is 1. The van der Waals surface area contributed by atoms with E-state index in [1.54, 1.807) is 13.1 Å². The van der Waals surface area contributed by atoms with Crippen LogP contribution in [0.15, 0.2) is 41.3 Å². The lowest BCUT2D eigenvalue weighted by Gasteiger charge is -2.14. The second-order valence-corrected chi connectivity index (χ2v) is 3.75. The lowest BCUT2D eigenvalue weighted by atomic mass is 10.1. The largest absolute Gasteiger partial charge is 0.472 e. The van der Waals surface area contributed by atoms with Crippen molar-refractivity contribution in [2.45, 2.75) is 12.2 Å². The van der Waals surface area contributed by atoms with Crippen molar-refractivity contribution in [1.82, 2.24) is 10.3 Å². The highest BCUT2D eigenvalue weighted by Crippen LogP contribution is 2.29. The van der Waals surface area contributed by atoms with Gasteiger partial charge < -0.3 is 9.73 Å². The number of furan rings is 1. The third kappa shape index (κ3) is 2.53. The summed E-state index contributed by atoms with van der Waals surface area (Å²) in [7, 11) is 1.71. The predicted molar refractivity (Wildman–Crippen MR) is 58.8 cm³/mol. The third-order valence-corrected chi connectivity index (χ3v) is 2.57. The van der Waals surface area contributed by atoms with Crippen molar-refractivity contribution in [3.8, 4) is 0 Å². The van der Waals surface area contributed by atoms with Crippen LogP contribution in [0.2, 0.25) is 0 Å². The lowest BCUT2D eigenvalue weighted by Crippen LogP contribution is -2.18. The van der Waals surface area contributed by atoms with Gasteiger partial charge in [-0.05, 0) is 25.2 Å². The van der Waals surface area contributed by atoms with Crippen molar-refractivity contribution >= 4 is 0 Å². The van der Waals surface area contributed by atoms with Gasteiger partial charge in [0.15, 0.2) is 0 Å². The standard InChI is InChI=1S/C12H11F3N2O/c1-16-11(8-4-5-18-7-8)10-3-2-9(6-17-10)12(13,14)15/h2-7,11,16H,1H3. The molecule has 2 aromatic rings. The van der Waals surface area contributed by atoms with E-state index in [2.05, 4.69) is 10.3 Å². The van der Waals surface area contributed by atoms with E-state index >= 15 is 0 Å². The number of alkyl halides is 3. The molecule has 1 unspecified atom stereocenters. The normalized spacial score (nSPS) is 13.6. The Morgan fingerprint density at radius 1 is 1.28 bits per heavy atom. The summed E-state index contributed by atoms with van der Waals surface area (Å²) in [5, 5.41) is 2.98. The fourth-order valence-corrected chi connectivity index (χ4v) is 1.67. The molecule has 0 saturated carbocycles. The van der Waals surface area contributed by atoms with E-state index in [0.29, 0.717) is 5.69 Å². The Bertz CT molecular complexity index is 491. The van der Waals surface area contributed by atoms with Crippen LogP contribution in [0.1, 0.15) is 22.9 Å². The van der Waals surface area contributed by atoms with E-state index in [1.807, 2.05) is 0 Å². The van der Waals surface area contributed by atoms with Gasteiger partial charge in [-0.1, -0.05) is 0 Å². The van der Waals surface area contributed by atoms with Crippen molar-refractivity contribution in [3.63, 3.8) is 0 Å². The van der Waals surface area contributed by atoms with E-state index < -0.39 is 11.7 Å². The van der Waals surface area contributed by atoms with Crippen LogP contribution in [0.25, 0.3) is 0 Å². The maximum Gasteiger partial charge on any atom is 0.417 e. The summed E-state index contributed by atoms with van der Waals surface area (Å²) in [5.74, 6) is 0. The summed E-state index contributed by atoms with van der Waals surface area (Å²) in [6, 6.07) is 3.83. The lowest BCUT2D eigenvalue weighted by molar-refractivity contribution is -0.137. The van der Waals surface area contributed by atoms with Gasteiger partial charge in [0.05, 0.1) is 29.8 Å². The molecule has 0 aliphatic rings. The Labute approximate surface area is 102 Å². The van der Waals surface area contributed by atoms with Crippen molar-refractivity contribution in [2.24, 2.45) is 0 Å². The van der Waals surface area contributed by atoms with E-state index in [9.17, 15) is 13.2 Å². The first-order valence-electron chi connectivity index (χ1n) is 5.25. The predicted octanol–water partition coefficient (Wildman–Crippen LogP) is 3.00. The minimum absolute atomic E-state index is 0.286. The van der Waals surface area contributed by atoms with E-state index in [-0.39, 0.29) is 6.04 Å². The molecular weight excluding hydrogens is 245 g/mol. The molecular formula is C12H11F3N2O. The summed E-state index contributed by atoms with van der Waals surface area (Å²) in [4.78, 5) is 3.85. The zero-order valence-electron chi connectivity index (χ0n) is 9.53. The number of halogens is 3. The topological polar surface area (TPSA) is 38.1 Å². The number of nitrogens with one attached hydrogen (secondary N) is 1. The van der Waals surface area contributed by atoms with Gasteiger partial charge in [-0.25, -0.2) is 0 Å². The highest BCUT2D eigenvalue weighted by atomic mass is 19.4. The molecule has 3 nitrogen and oxygen atoms in total. The Morgan fingerprint density at radius 2 is 2.06 bits per heavy atom. The maximum absolute atomic E-state index is 12.4. The Balaban J connectivity index is 2.28. The molecule has 0 aromatic carbocycles. The molecule has 0 fully saturated rings. The number of rotatable bonds is 3. The number of pyridine rings is 1. The fourth-order valence-electron chi connectivity index (χ4n) is 1.67. The van der Waals surface area contributed by atoms with Gasteiger partial charge in [0.25, 0.3) is 0 Å². The number of hydrogen-bond acceptors (Lipinski definition) is 3. The van der Waals surface area contributed by atoms with Gasteiger partial charge in [0, 0.05) is 11.8 Å². The minimum atomic E-state index is -4.36.